The molecule has 0 fully saturated rings. The summed E-state index contributed by atoms with van der Waals surface area (Å²) in [6, 6.07) is 0. The number of esters is 3. The highest BCUT2D eigenvalue weighted by Gasteiger charge is 2.19. The SMILES string of the molecule is CC\C=C/C=C\C=C/CCCCCCCC(=O)OC(COC(=O)CCCCCC/C=C\C/C=C\C/C=C\CC)COC(=O)CCCCCCCCCCCCCCC. The number of carbonyl (C=O) groups excluding carboxylic acids is 3. The third kappa shape index (κ3) is 44.0. The van der Waals surface area contributed by atoms with Gasteiger partial charge in [0, 0.05) is 19.3 Å². The highest BCUT2D eigenvalue weighted by atomic mass is 16.6. The Bertz CT molecular complexity index is 1110. The van der Waals surface area contributed by atoms with Gasteiger partial charge >= 0.3 is 17.9 Å². The van der Waals surface area contributed by atoms with E-state index >= 15 is 0 Å². The molecule has 0 aliphatic heterocycles. The first-order chi connectivity index (χ1) is 28.5. The Labute approximate surface area is 357 Å². The van der Waals surface area contributed by atoms with Crippen molar-refractivity contribution < 1.29 is 28.6 Å². The van der Waals surface area contributed by atoms with Gasteiger partial charge in [-0.25, -0.2) is 0 Å². The first-order valence-corrected chi connectivity index (χ1v) is 24.0. The van der Waals surface area contributed by atoms with Crippen LogP contribution in [0.2, 0.25) is 0 Å². The fourth-order valence-electron chi connectivity index (χ4n) is 6.46. The second kappa shape index (κ2) is 46.5. The third-order valence-corrected chi connectivity index (χ3v) is 10.0. The maximum atomic E-state index is 12.7. The summed E-state index contributed by atoms with van der Waals surface area (Å²) in [5.41, 5.74) is 0. The van der Waals surface area contributed by atoms with E-state index in [9.17, 15) is 14.4 Å². The van der Waals surface area contributed by atoms with Gasteiger partial charge in [-0.1, -0.05) is 203 Å². The van der Waals surface area contributed by atoms with Crippen molar-refractivity contribution in [2.75, 3.05) is 13.2 Å². The smallest absolute Gasteiger partial charge is 0.306 e. The summed E-state index contributed by atoms with van der Waals surface area (Å²) in [4.78, 5) is 37.8. The molecular weight excluding hydrogens is 721 g/mol. The molecular formula is C52H88O6. The summed E-state index contributed by atoms with van der Waals surface area (Å²) in [6.07, 6.45) is 57.4. The van der Waals surface area contributed by atoms with E-state index in [0.717, 1.165) is 116 Å². The largest absolute Gasteiger partial charge is 0.462 e. The Morgan fingerprint density at radius 3 is 1.24 bits per heavy atom. The van der Waals surface area contributed by atoms with Gasteiger partial charge in [-0.05, 0) is 70.6 Å². The Hall–Kier alpha value is -3.15. The molecule has 0 aliphatic carbocycles. The van der Waals surface area contributed by atoms with Crippen LogP contribution in [0.5, 0.6) is 0 Å². The van der Waals surface area contributed by atoms with E-state index in [1.807, 2.05) is 0 Å². The molecule has 0 aromatic carbocycles. The number of allylic oxidation sites excluding steroid dienone is 12. The molecule has 0 rings (SSSR count). The molecule has 0 amide bonds. The third-order valence-electron chi connectivity index (χ3n) is 10.0. The molecule has 0 spiro atoms. The van der Waals surface area contributed by atoms with E-state index in [2.05, 4.69) is 93.7 Å². The number of unbranched alkanes of at least 4 members (excludes halogenated alkanes) is 21. The molecule has 1 atom stereocenters. The predicted molar refractivity (Wildman–Crippen MR) is 247 cm³/mol. The van der Waals surface area contributed by atoms with Gasteiger partial charge in [-0.3, -0.25) is 14.4 Å². The van der Waals surface area contributed by atoms with Crippen molar-refractivity contribution in [1.29, 1.82) is 0 Å². The Morgan fingerprint density at radius 1 is 0.379 bits per heavy atom. The molecule has 0 radical (unpaired) electrons. The molecule has 0 aromatic rings. The van der Waals surface area contributed by atoms with Crippen molar-refractivity contribution in [3.8, 4) is 0 Å². The van der Waals surface area contributed by atoms with Crippen LogP contribution in [0.25, 0.3) is 0 Å². The van der Waals surface area contributed by atoms with E-state index in [-0.39, 0.29) is 31.1 Å². The van der Waals surface area contributed by atoms with Crippen LogP contribution in [-0.2, 0) is 28.6 Å². The van der Waals surface area contributed by atoms with Gasteiger partial charge in [0.05, 0.1) is 0 Å². The molecule has 1 unspecified atom stereocenters. The molecule has 0 saturated carbocycles. The van der Waals surface area contributed by atoms with Gasteiger partial charge < -0.3 is 14.2 Å². The molecule has 6 nitrogen and oxygen atoms in total. The average Bonchev–Trinajstić information content (AvgIpc) is 3.22. The van der Waals surface area contributed by atoms with Crippen molar-refractivity contribution in [2.24, 2.45) is 0 Å². The quantitative estimate of drug-likeness (QED) is 0.0201. The fourth-order valence-corrected chi connectivity index (χ4v) is 6.46. The first-order valence-electron chi connectivity index (χ1n) is 24.0. The van der Waals surface area contributed by atoms with Crippen LogP contribution in [0.1, 0.15) is 220 Å². The number of rotatable bonds is 42. The second-order valence-electron chi connectivity index (χ2n) is 15.7. The summed E-state index contributed by atoms with van der Waals surface area (Å²) < 4.78 is 16.7. The summed E-state index contributed by atoms with van der Waals surface area (Å²) in [7, 11) is 0. The van der Waals surface area contributed by atoms with Crippen molar-refractivity contribution in [1.82, 2.24) is 0 Å². The molecule has 0 aromatic heterocycles. The topological polar surface area (TPSA) is 78.9 Å². The number of hydrogen-bond acceptors (Lipinski definition) is 6. The molecule has 6 heteroatoms. The lowest BCUT2D eigenvalue weighted by Gasteiger charge is -2.18. The molecule has 332 valence electrons. The number of ether oxygens (including phenoxy) is 3. The molecule has 0 aliphatic rings. The van der Waals surface area contributed by atoms with Crippen LogP contribution in [0.4, 0.5) is 0 Å². The van der Waals surface area contributed by atoms with Crippen LogP contribution in [0, 0.1) is 0 Å². The normalized spacial score (nSPS) is 12.7. The summed E-state index contributed by atoms with van der Waals surface area (Å²) in [5, 5.41) is 0. The molecule has 0 heterocycles. The fraction of sp³-hybridized carbons (Fsp3) is 0.712. The standard InChI is InChI=1S/C52H88O6/c1-4-7-10-13-16-19-22-25-28-30-33-36-39-42-45-51(54)57-48-49(58-52(55)46-43-40-37-34-31-27-24-21-18-15-12-9-6-3)47-56-50(53)44-41-38-35-32-29-26-23-20-17-14-11-8-5-2/h7,9-10,12,15-16,18-19,21,24-25,28,49H,4-6,8,11,13-14,17,20,22-23,26-27,29-48H2,1-3H3/b10-7-,12-9-,18-15-,19-16-,24-21-,28-25-. The predicted octanol–water partition coefficient (Wildman–Crippen LogP) is 15.5. The van der Waals surface area contributed by atoms with Gasteiger partial charge in [-0.15, -0.1) is 0 Å². The van der Waals surface area contributed by atoms with E-state index in [1.165, 1.54) is 64.2 Å². The van der Waals surface area contributed by atoms with E-state index in [4.69, 9.17) is 14.2 Å². The maximum Gasteiger partial charge on any atom is 0.306 e. The molecule has 58 heavy (non-hydrogen) atoms. The first kappa shape index (κ1) is 54.9. The summed E-state index contributed by atoms with van der Waals surface area (Å²) in [5.74, 6) is -0.936. The highest BCUT2D eigenvalue weighted by molar-refractivity contribution is 5.71. The Morgan fingerprint density at radius 2 is 0.759 bits per heavy atom. The van der Waals surface area contributed by atoms with E-state index in [1.54, 1.807) is 0 Å². The highest BCUT2D eigenvalue weighted by Crippen LogP contribution is 2.14. The van der Waals surface area contributed by atoms with Gasteiger partial charge in [0.1, 0.15) is 13.2 Å². The van der Waals surface area contributed by atoms with Gasteiger partial charge in [0.25, 0.3) is 0 Å². The van der Waals surface area contributed by atoms with Crippen LogP contribution >= 0.6 is 0 Å². The lowest BCUT2D eigenvalue weighted by molar-refractivity contribution is -0.167. The lowest BCUT2D eigenvalue weighted by atomic mass is 10.0. The van der Waals surface area contributed by atoms with Crippen molar-refractivity contribution in [3.63, 3.8) is 0 Å². The average molecular weight is 809 g/mol. The van der Waals surface area contributed by atoms with Gasteiger partial charge in [0.2, 0.25) is 0 Å². The minimum Gasteiger partial charge on any atom is -0.462 e. The monoisotopic (exact) mass is 809 g/mol. The van der Waals surface area contributed by atoms with Gasteiger partial charge in [-0.2, -0.15) is 0 Å². The van der Waals surface area contributed by atoms with E-state index in [0.29, 0.717) is 19.3 Å². The summed E-state index contributed by atoms with van der Waals surface area (Å²) in [6.45, 7) is 6.35. The van der Waals surface area contributed by atoms with Crippen LogP contribution in [0.15, 0.2) is 72.9 Å². The van der Waals surface area contributed by atoms with Crippen molar-refractivity contribution >= 4 is 17.9 Å². The number of hydrogen-bond donors (Lipinski definition) is 0. The maximum absolute atomic E-state index is 12.7. The second-order valence-corrected chi connectivity index (χ2v) is 15.7. The minimum absolute atomic E-state index is 0.0902. The Balaban J connectivity index is 4.44. The van der Waals surface area contributed by atoms with Crippen LogP contribution < -0.4 is 0 Å². The summed E-state index contributed by atoms with van der Waals surface area (Å²) >= 11 is 0. The van der Waals surface area contributed by atoms with Crippen LogP contribution in [0.3, 0.4) is 0 Å². The Kier molecular flexibility index (Phi) is 44.0. The molecule has 0 N–H and O–H groups in total. The van der Waals surface area contributed by atoms with E-state index < -0.39 is 6.10 Å². The van der Waals surface area contributed by atoms with Crippen LogP contribution in [-0.4, -0.2) is 37.2 Å². The van der Waals surface area contributed by atoms with Crippen molar-refractivity contribution in [2.45, 2.75) is 226 Å². The zero-order valence-electron chi connectivity index (χ0n) is 37.8. The molecule has 0 saturated heterocycles. The van der Waals surface area contributed by atoms with Crippen molar-refractivity contribution in [3.05, 3.63) is 72.9 Å². The lowest BCUT2D eigenvalue weighted by Crippen LogP contribution is -2.30. The van der Waals surface area contributed by atoms with Gasteiger partial charge in [0.15, 0.2) is 6.10 Å². The zero-order valence-corrected chi connectivity index (χ0v) is 37.8. The molecule has 0 bridgehead atoms. The number of carbonyl (C=O) groups is 3. The minimum atomic E-state index is -0.792. The zero-order chi connectivity index (χ0) is 42.3.